The molecule has 150 valence electrons. The van der Waals surface area contributed by atoms with Crippen LogP contribution in [0.1, 0.15) is 29.3 Å². The minimum atomic E-state index is -0.426. The average molecular weight is 411 g/mol. The molecule has 0 aliphatic carbocycles. The van der Waals surface area contributed by atoms with Gasteiger partial charge < -0.3 is 14.5 Å². The number of esters is 1. The number of nitrogens with zero attached hydrogens (tertiary/aromatic N) is 2. The van der Waals surface area contributed by atoms with Crippen LogP contribution < -0.4 is 5.32 Å². The van der Waals surface area contributed by atoms with E-state index in [9.17, 15) is 9.59 Å². The largest absolute Gasteiger partial charge is 0.462 e. The zero-order chi connectivity index (χ0) is 20.8. The summed E-state index contributed by atoms with van der Waals surface area (Å²) < 4.78 is 11.9. The molecule has 8 heteroatoms. The number of aryl methyl sites for hydroxylation is 1. The molecule has 0 unspecified atom stereocenters. The number of amides is 1. The molecule has 0 aliphatic rings. The van der Waals surface area contributed by atoms with Gasteiger partial charge in [-0.2, -0.15) is 0 Å². The van der Waals surface area contributed by atoms with Gasteiger partial charge in [0.15, 0.2) is 0 Å². The van der Waals surface area contributed by atoms with E-state index in [2.05, 4.69) is 10.4 Å². The summed E-state index contributed by atoms with van der Waals surface area (Å²) in [5.74, 6) is -0.420. The summed E-state index contributed by atoms with van der Waals surface area (Å²) in [6.07, 6.45) is 0.741. The number of carbonyl (C=O) groups is 2. The first kappa shape index (κ1) is 20.5. The van der Waals surface area contributed by atoms with Gasteiger partial charge in [-0.1, -0.05) is 30.7 Å². The Labute approximate surface area is 173 Å². The van der Waals surface area contributed by atoms with E-state index in [1.165, 1.54) is 4.68 Å². The van der Waals surface area contributed by atoms with Crippen molar-refractivity contribution in [2.45, 2.75) is 26.8 Å². The Kier molecular flexibility index (Phi) is 6.56. The monoisotopic (exact) mass is 411 g/mol. The van der Waals surface area contributed by atoms with Crippen LogP contribution in [0, 0.1) is 11.8 Å². The normalized spacial score (nSPS) is 10.6. The van der Waals surface area contributed by atoms with Gasteiger partial charge in [0.25, 0.3) is 4.84 Å². The van der Waals surface area contributed by atoms with Gasteiger partial charge in [0, 0.05) is 11.3 Å². The third-order valence-corrected chi connectivity index (χ3v) is 4.31. The summed E-state index contributed by atoms with van der Waals surface area (Å²) in [4.78, 5) is 24.5. The summed E-state index contributed by atoms with van der Waals surface area (Å²) in [5.41, 5.74) is 2.75. The van der Waals surface area contributed by atoms with Crippen molar-refractivity contribution in [2.24, 2.45) is 0 Å². The van der Waals surface area contributed by atoms with Crippen LogP contribution in [0.2, 0.25) is 0 Å². The van der Waals surface area contributed by atoms with Crippen molar-refractivity contribution >= 4 is 29.8 Å². The van der Waals surface area contributed by atoms with Gasteiger partial charge in [-0.05, 0) is 55.9 Å². The van der Waals surface area contributed by atoms with Crippen LogP contribution in [0.3, 0.4) is 0 Å². The van der Waals surface area contributed by atoms with Gasteiger partial charge in [-0.25, -0.2) is 9.48 Å². The van der Waals surface area contributed by atoms with Gasteiger partial charge in [0.05, 0.1) is 12.2 Å². The lowest BCUT2D eigenvalue weighted by atomic mass is 10.1. The van der Waals surface area contributed by atoms with Gasteiger partial charge in [0.2, 0.25) is 11.8 Å². The molecule has 0 spiro atoms. The molecule has 29 heavy (non-hydrogen) atoms. The number of hydrogen-bond acceptors (Lipinski definition) is 6. The van der Waals surface area contributed by atoms with E-state index in [0.717, 1.165) is 17.5 Å². The molecular weight excluding hydrogens is 390 g/mol. The Morgan fingerprint density at radius 2 is 1.97 bits per heavy atom. The third-order valence-electron chi connectivity index (χ3n) is 4.02. The topological polar surface area (TPSA) is 86.4 Å². The van der Waals surface area contributed by atoms with Crippen LogP contribution in [0.5, 0.6) is 0 Å². The van der Waals surface area contributed by atoms with Gasteiger partial charge in [-0.3, -0.25) is 4.79 Å². The lowest BCUT2D eigenvalue weighted by Gasteiger charge is -2.07. The second-order valence-corrected chi connectivity index (χ2v) is 6.81. The van der Waals surface area contributed by atoms with Gasteiger partial charge in [-0.15, -0.1) is 5.10 Å². The van der Waals surface area contributed by atoms with Crippen molar-refractivity contribution in [3.63, 3.8) is 0 Å². The molecule has 7 nitrogen and oxygen atoms in total. The van der Waals surface area contributed by atoms with Crippen molar-refractivity contribution in [3.05, 3.63) is 64.5 Å². The van der Waals surface area contributed by atoms with E-state index in [4.69, 9.17) is 21.4 Å². The van der Waals surface area contributed by atoms with E-state index in [1.807, 2.05) is 38.1 Å². The molecule has 1 heterocycles. The van der Waals surface area contributed by atoms with Crippen LogP contribution in [0.15, 0.2) is 52.9 Å². The minimum absolute atomic E-state index is 0.104. The zero-order valence-corrected chi connectivity index (χ0v) is 17.0. The molecule has 0 radical (unpaired) electrons. The van der Waals surface area contributed by atoms with Crippen LogP contribution in [-0.2, 0) is 16.1 Å². The Morgan fingerprint density at radius 1 is 1.21 bits per heavy atom. The summed E-state index contributed by atoms with van der Waals surface area (Å²) in [5, 5.41) is 7.01. The first-order valence-corrected chi connectivity index (χ1v) is 9.59. The number of hydrogen-bond donors (Lipinski definition) is 1. The van der Waals surface area contributed by atoms with Crippen molar-refractivity contribution in [1.29, 1.82) is 0 Å². The molecule has 0 saturated heterocycles. The minimum Gasteiger partial charge on any atom is -0.462 e. The highest BCUT2D eigenvalue weighted by Crippen LogP contribution is 2.18. The van der Waals surface area contributed by atoms with Crippen LogP contribution in [0.4, 0.5) is 5.69 Å². The van der Waals surface area contributed by atoms with Crippen molar-refractivity contribution in [2.75, 3.05) is 11.9 Å². The highest BCUT2D eigenvalue weighted by molar-refractivity contribution is 7.71. The van der Waals surface area contributed by atoms with E-state index in [-0.39, 0.29) is 17.3 Å². The summed E-state index contributed by atoms with van der Waals surface area (Å²) in [6, 6.07) is 14.2. The molecule has 1 N–H and O–H groups in total. The molecule has 2 aromatic carbocycles. The Balaban J connectivity index is 1.68. The maximum absolute atomic E-state index is 12.4. The molecule has 1 amide bonds. The second kappa shape index (κ2) is 9.29. The molecule has 0 atom stereocenters. The molecule has 0 bridgehead atoms. The molecule has 0 aliphatic heterocycles. The quantitative estimate of drug-likeness (QED) is 0.458. The van der Waals surface area contributed by atoms with E-state index < -0.39 is 5.97 Å². The van der Waals surface area contributed by atoms with E-state index >= 15 is 0 Å². The summed E-state index contributed by atoms with van der Waals surface area (Å²) in [6.45, 7) is 4.14. The maximum atomic E-state index is 12.4. The lowest BCUT2D eigenvalue weighted by Crippen LogP contribution is -2.20. The number of ether oxygens (including phenoxy) is 1. The average Bonchev–Trinajstić information content (AvgIpc) is 3.07. The summed E-state index contributed by atoms with van der Waals surface area (Å²) >= 11 is 5.17. The fourth-order valence-corrected chi connectivity index (χ4v) is 2.74. The van der Waals surface area contributed by atoms with Crippen LogP contribution >= 0.6 is 12.2 Å². The van der Waals surface area contributed by atoms with Gasteiger partial charge in [0.1, 0.15) is 6.54 Å². The lowest BCUT2D eigenvalue weighted by molar-refractivity contribution is -0.117. The molecular formula is C21H21N3O4S. The fraction of sp³-hybridized carbons (Fsp3) is 0.238. The molecule has 3 rings (SSSR count). The predicted molar refractivity (Wildman–Crippen MR) is 111 cm³/mol. The summed E-state index contributed by atoms with van der Waals surface area (Å²) in [7, 11) is 0. The van der Waals surface area contributed by atoms with E-state index in [0.29, 0.717) is 23.7 Å². The standard InChI is InChI=1S/C21H21N3O4S/c1-3-11-27-20(26)16-5-4-6-17(12-16)22-18(25)13-24-21(29)28-19(23-24)15-9-7-14(2)8-10-15/h4-10,12H,3,11,13H2,1-2H3,(H,22,25). The highest BCUT2D eigenvalue weighted by Gasteiger charge is 2.13. The molecule has 0 saturated carbocycles. The number of anilines is 1. The number of benzene rings is 2. The van der Waals surface area contributed by atoms with Crippen molar-refractivity contribution in [1.82, 2.24) is 9.78 Å². The fourth-order valence-electron chi connectivity index (χ4n) is 2.56. The molecule has 3 aromatic rings. The van der Waals surface area contributed by atoms with Crippen molar-refractivity contribution < 1.29 is 18.7 Å². The second-order valence-electron chi connectivity index (χ2n) is 6.46. The Hall–Kier alpha value is -3.26. The number of carbonyl (C=O) groups excluding carboxylic acids is 2. The number of aromatic nitrogens is 2. The van der Waals surface area contributed by atoms with Crippen LogP contribution in [0.25, 0.3) is 11.5 Å². The van der Waals surface area contributed by atoms with Crippen LogP contribution in [-0.4, -0.2) is 28.3 Å². The highest BCUT2D eigenvalue weighted by atomic mass is 32.1. The number of rotatable bonds is 7. The van der Waals surface area contributed by atoms with Crippen molar-refractivity contribution in [3.8, 4) is 11.5 Å². The Morgan fingerprint density at radius 3 is 2.69 bits per heavy atom. The Bertz CT molecular complexity index is 1070. The first-order valence-electron chi connectivity index (χ1n) is 9.18. The SMILES string of the molecule is CCCOC(=O)c1cccc(NC(=O)Cn2nc(-c3ccc(C)cc3)oc2=S)c1. The molecule has 0 fully saturated rings. The smallest absolute Gasteiger partial charge is 0.338 e. The number of nitrogens with one attached hydrogen (secondary N) is 1. The van der Waals surface area contributed by atoms with Gasteiger partial charge >= 0.3 is 5.97 Å². The first-order chi connectivity index (χ1) is 14.0. The predicted octanol–water partition coefficient (Wildman–Crippen LogP) is 4.39. The molecule has 1 aromatic heterocycles. The van der Waals surface area contributed by atoms with E-state index in [1.54, 1.807) is 24.3 Å². The third kappa shape index (κ3) is 5.39. The maximum Gasteiger partial charge on any atom is 0.338 e. The zero-order valence-electron chi connectivity index (χ0n) is 16.2.